The minimum Gasteiger partial charge on any atom is -0.455 e. The van der Waals surface area contributed by atoms with Gasteiger partial charge in [-0.05, 0) is 78.9 Å². The zero-order valence-electron chi connectivity index (χ0n) is 18.5. The predicted molar refractivity (Wildman–Crippen MR) is 130 cm³/mol. The van der Waals surface area contributed by atoms with Crippen LogP contribution in [0.4, 0.5) is 0 Å². The number of para-hydroxylation sites is 1. The summed E-state index contributed by atoms with van der Waals surface area (Å²) in [4.78, 5) is 6.15. The van der Waals surface area contributed by atoms with Crippen LogP contribution in [0.3, 0.4) is 0 Å². The fourth-order valence-corrected chi connectivity index (χ4v) is 5.40. The number of benzene rings is 2. The summed E-state index contributed by atoms with van der Waals surface area (Å²) in [7, 11) is 0. The summed E-state index contributed by atoms with van der Waals surface area (Å²) in [5, 5.41) is 3.64. The largest absolute Gasteiger partial charge is 0.455 e. The molecule has 0 amide bonds. The van der Waals surface area contributed by atoms with Crippen molar-refractivity contribution in [1.29, 1.82) is 0 Å². The quantitative estimate of drug-likeness (QED) is 0.290. The van der Waals surface area contributed by atoms with Gasteiger partial charge in [-0.3, -0.25) is 4.98 Å². The molecule has 0 fully saturated rings. The van der Waals surface area contributed by atoms with Crippen LogP contribution in [0.25, 0.3) is 43.3 Å². The van der Waals surface area contributed by atoms with Crippen molar-refractivity contribution in [3.63, 3.8) is 0 Å². The van der Waals surface area contributed by atoms with E-state index in [0.717, 1.165) is 34.2 Å². The molecule has 0 aliphatic rings. The summed E-state index contributed by atoms with van der Waals surface area (Å²) >= 11 is 1.86. The van der Waals surface area contributed by atoms with Crippen LogP contribution < -0.4 is 0 Å². The van der Waals surface area contributed by atoms with Crippen LogP contribution in [0.1, 0.15) is 42.3 Å². The SMILES string of the molecule is Cc1cnc(-c2cccc3c2oc2cc4c(C)c(C)sc4cc23)cc1CC(C)(C)C. The van der Waals surface area contributed by atoms with E-state index in [2.05, 4.69) is 77.9 Å². The molecule has 0 atom stereocenters. The topological polar surface area (TPSA) is 26.0 Å². The third-order valence-corrected chi connectivity index (χ3v) is 7.18. The van der Waals surface area contributed by atoms with Gasteiger partial charge in [-0.15, -0.1) is 11.3 Å². The van der Waals surface area contributed by atoms with Crippen LogP contribution in [-0.2, 0) is 6.42 Å². The molecule has 152 valence electrons. The van der Waals surface area contributed by atoms with E-state index in [1.54, 1.807) is 0 Å². The lowest BCUT2D eigenvalue weighted by Gasteiger charge is -2.20. The van der Waals surface area contributed by atoms with Gasteiger partial charge in [0.2, 0.25) is 0 Å². The van der Waals surface area contributed by atoms with Gasteiger partial charge in [0, 0.05) is 32.1 Å². The van der Waals surface area contributed by atoms with Gasteiger partial charge in [-0.25, -0.2) is 0 Å². The minimum absolute atomic E-state index is 0.233. The van der Waals surface area contributed by atoms with E-state index in [-0.39, 0.29) is 5.41 Å². The van der Waals surface area contributed by atoms with Gasteiger partial charge >= 0.3 is 0 Å². The molecule has 2 nitrogen and oxygen atoms in total. The number of hydrogen-bond donors (Lipinski definition) is 0. The third-order valence-electron chi connectivity index (χ3n) is 6.01. The lowest BCUT2D eigenvalue weighted by atomic mass is 9.86. The van der Waals surface area contributed by atoms with Crippen LogP contribution in [0.15, 0.2) is 47.0 Å². The Morgan fingerprint density at radius 2 is 1.77 bits per heavy atom. The number of rotatable bonds is 2. The molecule has 0 saturated carbocycles. The van der Waals surface area contributed by atoms with E-state index in [4.69, 9.17) is 9.40 Å². The number of fused-ring (bicyclic) bond motifs is 4. The monoisotopic (exact) mass is 413 g/mol. The predicted octanol–water partition coefficient (Wildman–Crippen LogP) is 8.38. The van der Waals surface area contributed by atoms with Gasteiger partial charge in [-0.2, -0.15) is 0 Å². The van der Waals surface area contributed by atoms with Gasteiger partial charge in [0.15, 0.2) is 0 Å². The molecule has 0 N–H and O–H groups in total. The number of hydrogen-bond acceptors (Lipinski definition) is 3. The molecule has 0 saturated heterocycles. The van der Waals surface area contributed by atoms with Crippen molar-refractivity contribution in [2.24, 2.45) is 5.41 Å². The number of aryl methyl sites for hydroxylation is 3. The molecule has 0 spiro atoms. The number of thiophene rings is 1. The van der Waals surface area contributed by atoms with Crippen molar-refractivity contribution in [2.75, 3.05) is 0 Å². The average molecular weight is 414 g/mol. The average Bonchev–Trinajstić information content (AvgIpc) is 3.18. The zero-order chi connectivity index (χ0) is 21.2. The normalized spacial score (nSPS) is 12.5. The maximum Gasteiger partial charge on any atom is 0.144 e. The maximum absolute atomic E-state index is 6.45. The van der Waals surface area contributed by atoms with E-state index in [9.17, 15) is 0 Å². The van der Waals surface area contributed by atoms with Gasteiger partial charge in [0.05, 0.1) is 5.69 Å². The minimum atomic E-state index is 0.233. The standard InChI is InChI=1S/C27H27NOS/c1-15-14-28-23(10-18(15)13-27(4,5)6)20-9-7-8-19-22-12-25-21(16(2)17(3)30-25)11-24(22)29-26(19)20/h7-12,14H,13H2,1-6H3. The van der Waals surface area contributed by atoms with Crippen LogP contribution >= 0.6 is 11.3 Å². The molecule has 3 heterocycles. The second-order valence-electron chi connectivity index (χ2n) is 9.65. The highest BCUT2D eigenvalue weighted by Crippen LogP contribution is 2.40. The van der Waals surface area contributed by atoms with E-state index < -0.39 is 0 Å². The Labute approximate surface area is 181 Å². The Morgan fingerprint density at radius 1 is 0.967 bits per heavy atom. The first-order valence-corrected chi connectivity index (χ1v) is 11.3. The molecule has 5 rings (SSSR count). The molecule has 0 unspecified atom stereocenters. The van der Waals surface area contributed by atoms with E-state index >= 15 is 0 Å². The molecule has 0 radical (unpaired) electrons. The van der Waals surface area contributed by atoms with Gasteiger partial charge in [0.25, 0.3) is 0 Å². The van der Waals surface area contributed by atoms with Crippen molar-refractivity contribution in [2.45, 2.75) is 48.0 Å². The van der Waals surface area contributed by atoms with Crippen LogP contribution in [0, 0.1) is 26.2 Å². The molecule has 3 heteroatoms. The highest BCUT2D eigenvalue weighted by molar-refractivity contribution is 7.19. The Kier molecular flexibility index (Phi) is 4.30. The smallest absolute Gasteiger partial charge is 0.144 e. The van der Waals surface area contributed by atoms with E-state index in [1.807, 2.05) is 17.5 Å². The molecule has 30 heavy (non-hydrogen) atoms. The van der Waals surface area contributed by atoms with Crippen LogP contribution in [0.5, 0.6) is 0 Å². The first kappa shape index (κ1) is 19.3. The number of pyridine rings is 1. The van der Waals surface area contributed by atoms with Crippen LogP contribution in [0.2, 0.25) is 0 Å². The molecule has 0 aliphatic heterocycles. The second-order valence-corrected chi connectivity index (χ2v) is 10.9. The molecule has 0 bridgehead atoms. The Balaban J connectivity index is 1.73. The fourth-order valence-electron chi connectivity index (χ4n) is 4.31. The van der Waals surface area contributed by atoms with Crippen molar-refractivity contribution < 1.29 is 4.42 Å². The van der Waals surface area contributed by atoms with Gasteiger partial charge < -0.3 is 4.42 Å². The van der Waals surface area contributed by atoms with Crippen molar-refractivity contribution in [3.8, 4) is 11.3 Å². The molecular weight excluding hydrogens is 386 g/mol. The summed E-state index contributed by atoms with van der Waals surface area (Å²) in [5.74, 6) is 0. The van der Waals surface area contributed by atoms with Crippen molar-refractivity contribution in [3.05, 3.63) is 64.2 Å². The lowest BCUT2D eigenvalue weighted by molar-refractivity contribution is 0.410. The van der Waals surface area contributed by atoms with Gasteiger partial charge in [-0.1, -0.05) is 32.9 Å². The summed E-state index contributed by atoms with van der Waals surface area (Å²) in [6.45, 7) is 13.4. The number of furan rings is 1. The molecule has 3 aromatic heterocycles. The first-order chi connectivity index (χ1) is 14.2. The van der Waals surface area contributed by atoms with E-state index in [0.29, 0.717) is 0 Å². The zero-order valence-corrected chi connectivity index (χ0v) is 19.3. The van der Waals surface area contributed by atoms with Crippen LogP contribution in [-0.4, -0.2) is 4.98 Å². The summed E-state index contributed by atoms with van der Waals surface area (Å²) in [6, 6.07) is 13.1. The number of aromatic nitrogens is 1. The Morgan fingerprint density at radius 3 is 2.53 bits per heavy atom. The number of nitrogens with zero attached hydrogens (tertiary/aromatic N) is 1. The molecule has 5 aromatic rings. The molecule has 2 aromatic carbocycles. The summed E-state index contributed by atoms with van der Waals surface area (Å²) in [6.07, 6.45) is 3.03. The summed E-state index contributed by atoms with van der Waals surface area (Å²) in [5.41, 5.74) is 8.11. The summed E-state index contributed by atoms with van der Waals surface area (Å²) < 4.78 is 7.77. The second kappa shape index (κ2) is 6.68. The van der Waals surface area contributed by atoms with E-state index in [1.165, 1.54) is 37.0 Å². The maximum atomic E-state index is 6.45. The fraction of sp³-hybridized carbons (Fsp3) is 0.296. The Hall–Kier alpha value is -2.65. The van der Waals surface area contributed by atoms with Gasteiger partial charge in [0.1, 0.15) is 11.2 Å². The molecular formula is C27H27NOS. The lowest BCUT2D eigenvalue weighted by Crippen LogP contribution is -2.10. The highest BCUT2D eigenvalue weighted by Gasteiger charge is 2.18. The molecule has 0 aliphatic carbocycles. The van der Waals surface area contributed by atoms with Crippen molar-refractivity contribution >= 4 is 43.4 Å². The third kappa shape index (κ3) is 3.13. The highest BCUT2D eigenvalue weighted by atomic mass is 32.1. The first-order valence-electron chi connectivity index (χ1n) is 10.5. The Bertz CT molecular complexity index is 1430. The van der Waals surface area contributed by atoms with Crippen molar-refractivity contribution in [1.82, 2.24) is 4.98 Å².